The Labute approximate surface area is 123 Å². The van der Waals surface area contributed by atoms with E-state index in [0.29, 0.717) is 17.0 Å². The van der Waals surface area contributed by atoms with Crippen LogP contribution in [0.4, 0.5) is 0 Å². The average Bonchev–Trinajstić information content (AvgIpc) is 2.97. The van der Waals surface area contributed by atoms with Gasteiger partial charge in [-0.3, -0.25) is 0 Å². The molecule has 0 atom stereocenters. The smallest absolute Gasteiger partial charge is 0.241 e. The Balaban J connectivity index is 2.26. The number of hydrogen-bond donors (Lipinski definition) is 3. The minimum atomic E-state index is -3.62. The Morgan fingerprint density at radius 2 is 2.24 bits per heavy atom. The van der Waals surface area contributed by atoms with E-state index >= 15 is 0 Å². The summed E-state index contributed by atoms with van der Waals surface area (Å²) in [5, 5.41) is 0. The summed E-state index contributed by atoms with van der Waals surface area (Å²) in [5.74, 6) is 6.08. The molecule has 0 saturated carbocycles. The summed E-state index contributed by atoms with van der Waals surface area (Å²) in [7, 11) is -3.62. The van der Waals surface area contributed by atoms with E-state index in [1.54, 1.807) is 37.5 Å². The average molecular weight is 304 g/mol. The van der Waals surface area contributed by atoms with E-state index in [2.05, 4.69) is 26.5 Å². The Bertz CT molecular complexity index is 771. The molecule has 2 rings (SSSR count). The molecule has 1 aromatic carbocycles. The zero-order valence-electron chi connectivity index (χ0n) is 11.6. The summed E-state index contributed by atoms with van der Waals surface area (Å²) in [6.45, 7) is 2.07. The third-order valence-corrected chi connectivity index (χ3v) is 4.34. The predicted molar refractivity (Wildman–Crippen MR) is 79.7 cm³/mol. The van der Waals surface area contributed by atoms with Crippen molar-refractivity contribution in [2.24, 2.45) is 5.73 Å². The van der Waals surface area contributed by atoms with Crippen LogP contribution < -0.4 is 10.5 Å². The molecule has 6 nitrogen and oxygen atoms in total. The second-order valence-electron chi connectivity index (χ2n) is 4.35. The second kappa shape index (κ2) is 6.54. The molecule has 7 heteroatoms. The van der Waals surface area contributed by atoms with Crippen molar-refractivity contribution in [2.75, 3.05) is 6.54 Å². The number of aromatic nitrogens is 2. The van der Waals surface area contributed by atoms with Crippen LogP contribution in [0.2, 0.25) is 0 Å². The highest BCUT2D eigenvalue weighted by Crippen LogP contribution is 2.16. The Hall–Kier alpha value is -2.14. The van der Waals surface area contributed by atoms with E-state index in [1.165, 1.54) is 0 Å². The summed E-state index contributed by atoms with van der Waals surface area (Å²) in [4.78, 5) is 7.02. The number of benzene rings is 1. The number of nitrogens with two attached hydrogens (primary N) is 1. The standard InChI is InChI=1S/C14H16N4O2S/c1-11-4-5-12(3-2-6-15)9-13(11)21(19,20)18-10-14-16-7-8-17-14/h4-5,7-9,18H,6,10,15H2,1H3,(H,16,17). The maximum Gasteiger partial charge on any atom is 0.241 e. The van der Waals surface area contributed by atoms with Gasteiger partial charge in [-0.25, -0.2) is 18.1 Å². The van der Waals surface area contributed by atoms with Gasteiger partial charge in [0.25, 0.3) is 0 Å². The van der Waals surface area contributed by atoms with Gasteiger partial charge in [0.15, 0.2) is 0 Å². The minimum Gasteiger partial charge on any atom is -0.347 e. The number of rotatable bonds is 4. The second-order valence-corrected chi connectivity index (χ2v) is 6.08. The molecule has 0 spiro atoms. The zero-order valence-corrected chi connectivity index (χ0v) is 12.4. The highest BCUT2D eigenvalue weighted by atomic mass is 32.2. The SMILES string of the molecule is Cc1ccc(C#CCN)cc1S(=O)(=O)NCc1ncc[nH]1. The minimum absolute atomic E-state index is 0.105. The molecule has 1 aromatic heterocycles. The van der Waals surface area contributed by atoms with Gasteiger partial charge >= 0.3 is 0 Å². The molecule has 0 aliphatic heterocycles. The summed E-state index contributed by atoms with van der Waals surface area (Å²) in [6.07, 6.45) is 3.20. The van der Waals surface area contributed by atoms with Crippen LogP contribution in [-0.2, 0) is 16.6 Å². The fourth-order valence-corrected chi connectivity index (χ4v) is 3.01. The van der Waals surface area contributed by atoms with Gasteiger partial charge < -0.3 is 10.7 Å². The summed E-state index contributed by atoms with van der Waals surface area (Å²) >= 11 is 0. The molecule has 0 fully saturated rings. The number of imidazole rings is 1. The molecular weight excluding hydrogens is 288 g/mol. The fraction of sp³-hybridized carbons (Fsp3) is 0.214. The van der Waals surface area contributed by atoms with Crippen molar-refractivity contribution < 1.29 is 8.42 Å². The lowest BCUT2D eigenvalue weighted by Crippen LogP contribution is -2.24. The predicted octanol–water partition coefficient (Wildman–Crippen LogP) is 0.507. The van der Waals surface area contributed by atoms with Gasteiger partial charge in [0.2, 0.25) is 10.0 Å². The number of aromatic amines is 1. The Morgan fingerprint density at radius 3 is 2.90 bits per heavy atom. The molecule has 0 amide bonds. The van der Waals surface area contributed by atoms with Crippen molar-refractivity contribution in [3.8, 4) is 11.8 Å². The van der Waals surface area contributed by atoms with Crippen LogP contribution in [0.3, 0.4) is 0 Å². The molecule has 0 aliphatic rings. The number of nitrogens with zero attached hydrogens (tertiary/aromatic N) is 1. The number of aryl methyl sites for hydroxylation is 1. The lowest BCUT2D eigenvalue weighted by molar-refractivity contribution is 0.579. The topological polar surface area (TPSA) is 101 Å². The van der Waals surface area contributed by atoms with E-state index in [0.717, 1.165) is 0 Å². The van der Waals surface area contributed by atoms with Crippen LogP contribution in [0.25, 0.3) is 0 Å². The molecular formula is C14H16N4O2S. The molecule has 2 aromatic rings. The van der Waals surface area contributed by atoms with Crippen molar-refractivity contribution in [1.82, 2.24) is 14.7 Å². The normalized spacial score (nSPS) is 11.0. The van der Waals surface area contributed by atoms with Gasteiger partial charge in [-0.05, 0) is 24.6 Å². The molecule has 1 heterocycles. The van der Waals surface area contributed by atoms with Gasteiger partial charge in [-0.15, -0.1) is 0 Å². The third kappa shape index (κ3) is 3.92. The van der Waals surface area contributed by atoms with Crippen molar-refractivity contribution in [2.45, 2.75) is 18.4 Å². The Morgan fingerprint density at radius 1 is 1.43 bits per heavy atom. The first-order valence-corrected chi connectivity index (χ1v) is 7.79. The van der Waals surface area contributed by atoms with Gasteiger partial charge in [0.1, 0.15) is 5.82 Å². The highest BCUT2D eigenvalue weighted by molar-refractivity contribution is 7.89. The summed E-state index contributed by atoms with van der Waals surface area (Å²) in [5.41, 5.74) is 6.59. The van der Waals surface area contributed by atoms with Gasteiger partial charge in [0.05, 0.1) is 18.0 Å². The van der Waals surface area contributed by atoms with Crippen LogP contribution in [0, 0.1) is 18.8 Å². The number of nitrogens with one attached hydrogen (secondary N) is 2. The molecule has 4 N–H and O–H groups in total. The van der Waals surface area contributed by atoms with Gasteiger partial charge in [-0.2, -0.15) is 0 Å². The lowest BCUT2D eigenvalue weighted by Gasteiger charge is -2.09. The number of hydrogen-bond acceptors (Lipinski definition) is 4. The molecule has 0 radical (unpaired) electrons. The summed E-state index contributed by atoms with van der Waals surface area (Å²) < 4.78 is 27.2. The molecule has 21 heavy (non-hydrogen) atoms. The third-order valence-electron chi connectivity index (χ3n) is 2.80. The highest BCUT2D eigenvalue weighted by Gasteiger charge is 2.17. The first kappa shape index (κ1) is 15.3. The van der Waals surface area contributed by atoms with Crippen LogP contribution in [-0.4, -0.2) is 24.9 Å². The van der Waals surface area contributed by atoms with Crippen LogP contribution in [0.5, 0.6) is 0 Å². The van der Waals surface area contributed by atoms with Crippen LogP contribution >= 0.6 is 0 Å². The van der Waals surface area contributed by atoms with Crippen molar-refractivity contribution >= 4 is 10.0 Å². The molecule has 0 unspecified atom stereocenters. The van der Waals surface area contributed by atoms with E-state index in [-0.39, 0.29) is 18.0 Å². The van der Waals surface area contributed by atoms with Gasteiger partial charge in [0, 0.05) is 18.0 Å². The van der Waals surface area contributed by atoms with Crippen molar-refractivity contribution in [3.05, 3.63) is 47.5 Å². The molecule has 0 bridgehead atoms. The van der Waals surface area contributed by atoms with E-state index in [4.69, 9.17) is 5.73 Å². The molecule has 110 valence electrons. The number of H-pyrrole nitrogens is 1. The molecule has 0 aliphatic carbocycles. The first-order valence-electron chi connectivity index (χ1n) is 6.30. The first-order chi connectivity index (χ1) is 10.0. The van der Waals surface area contributed by atoms with E-state index in [1.807, 2.05) is 0 Å². The van der Waals surface area contributed by atoms with E-state index in [9.17, 15) is 8.42 Å². The maximum absolute atomic E-state index is 12.3. The molecule has 0 saturated heterocycles. The van der Waals surface area contributed by atoms with Crippen molar-refractivity contribution in [1.29, 1.82) is 0 Å². The number of sulfonamides is 1. The monoisotopic (exact) mass is 304 g/mol. The largest absolute Gasteiger partial charge is 0.347 e. The summed E-state index contributed by atoms with van der Waals surface area (Å²) in [6, 6.07) is 5.04. The zero-order chi connectivity index (χ0) is 15.3. The van der Waals surface area contributed by atoms with Crippen LogP contribution in [0.1, 0.15) is 17.0 Å². The van der Waals surface area contributed by atoms with Gasteiger partial charge in [-0.1, -0.05) is 17.9 Å². The quantitative estimate of drug-likeness (QED) is 0.716. The van der Waals surface area contributed by atoms with E-state index < -0.39 is 10.0 Å². The van der Waals surface area contributed by atoms with Crippen LogP contribution in [0.15, 0.2) is 35.5 Å². The van der Waals surface area contributed by atoms with Crippen molar-refractivity contribution in [3.63, 3.8) is 0 Å². The maximum atomic E-state index is 12.3. The fourth-order valence-electron chi connectivity index (χ4n) is 1.76. The Kier molecular flexibility index (Phi) is 4.75. The lowest BCUT2D eigenvalue weighted by atomic mass is 10.1.